The molecular weight excluding hydrogens is 400 g/mol. The zero-order valence-corrected chi connectivity index (χ0v) is 17.0. The molecule has 0 radical (unpaired) electrons. The number of aromatic nitrogens is 2. The van der Waals surface area contributed by atoms with Crippen molar-refractivity contribution in [2.75, 3.05) is 0 Å². The van der Waals surface area contributed by atoms with Crippen LogP contribution >= 0.6 is 34.7 Å². The maximum atomic E-state index is 12.7. The Hall–Kier alpha value is -1.83. The molecule has 0 aliphatic heterocycles. The second-order valence-corrected chi connectivity index (χ2v) is 8.83. The van der Waals surface area contributed by atoms with Crippen molar-refractivity contribution < 1.29 is 0 Å². The molecule has 1 saturated carbocycles. The minimum Gasteiger partial charge on any atom is -0.379 e. The van der Waals surface area contributed by atoms with Crippen molar-refractivity contribution >= 4 is 50.1 Å². The number of rotatable bonds is 4. The van der Waals surface area contributed by atoms with Gasteiger partial charge in [0.05, 0.1) is 17.2 Å². The van der Waals surface area contributed by atoms with E-state index in [4.69, 9.17) is 17.3 Å². The van der Waals surface area contributed by atoms with Crippen LogP contribution in [-0.2, 0) is 5.75 Å². The van der Waals surface area contributed by atoms with E-state index in [1.54, 1.807) is 0 Å². The van der Waals surface area contributed by atoms with Crippen LogP contribution in [-0.4, -0.2) is 21.2 Å². The van der Waals surface area contributed by atoms with Crippen molar-refractivity contribution in [1.82, 2.24) is 9.97 Å². The molecule has 1 aliphatic carbocycles. The SMILES string of the molecule is NC(=NC1CCCC1)SCc1nc2scc(-c3ccc(Cl)cc3)c2c(=O)[nH]1. The number of aromatic amines is 1. The highest BCUT2D eigenvalue weighted by Gasteiger charge is 2.15. The first-order valence-electron chi connectivity index (χ1n) is 8.82. The topological polar surface area (TPSA) is 84.1 Å². The molecule has 0 atom stereocenters. The molecule has 140 valence electrons. The molecule has 0 saturated heterocycles. The van der Waals surface area contributed by atoms with Gasteiger partial charge >= 0.3 is 0 Å². The van der Waals surface area contributed by atoms with Gasteiger partial charge in [-0.05, 0) is 30.5 Å². The fraction of sp³-hybridized carbons (Fsp3) is 0.316. The second kappa shape index (κ2) is 8.04. The molecule has 8 heteroatoms. The fourth-order valence-electron chi connectivity index (χ4n) is 3.30. The van der Waals surface area contributed by atoms with Crippen LogP contribution in [0.25, 0.3) is 21.3 Å². The van der Waals surface area contributed by atoms with Gasteiger partial charge in [-0.1, -0.05) is 48.3 Å². The van der Waals surface area contributed by atoms with Crippen molar-refractivity contribution in [3.8, 4) is 11.1 Å². The molecule has 3 aromatic rings. The standard InChI is InChI=1S/C19H19ClN4OS2/c20-12-7-5-11(6-8-12)14-9-26-18-16(14)17(25)23-15(24-18)10-27-19(21)22-13-3-1-2-4-13/h5-9,13H,1-4,10H2,(H2,21,22)(H,23,24,25). The Labute approximate surface area is 170 Å². The zero-order valence-electron chi connectivity index (χ0n) is 14.6. The molecule has 27 heavy (non-hydrogen) atoms. The highest BCUT2D eigenvalue weighted by Crippen LogP contribution is 2.31. The summed E-state index contributed by atoms with van der Waals surface area (Å²) >= 11 is 8.85. The predicted molar refractivity (Wildman–Crippen MR) is 116 cm³/mol. The van der Waals surface area contributed by atoms with Crippen molar-refractivity contribution in [2.24, 2.45) is 10.7 Å². The molecule has 2 aromatic heterocycles. The fourth-order valence-corrected chi connectivity index (χ4v) is 5.03. The van der Waals surface area contributed by atoms with Gasteiger partial charge in [-0.25, -0.2) is 4.98 Å². The van der Waals surface area contributed by atoms with Gasteiger partial charge in [-0.15, -0.1) is 11.3 Å². The number of aliphatic imine (C=N–C) groups is 1. The summed E-state index contributed by atoms with van der Waals surface area (Å²) in [5, 5.41) is 3.81. The smallest absolute Gasteiger partial charge is 0.260 e. The molecule has 2 heterocycles. The summed E-state index contributed by atoms with van der Waals surface area (Å²) in [6.45, 7) is 0. The molecule has 3 N–H and O–H groups in total. The highest BCUT2D eigenvalue weighted by molar-refractivity contribution is 8.13. The van der Waals surface area contributed by atoms with Crippen molar-refractivity contribution in [3.63, 3.8) is 0 Å². The average molecular weight is 419 g/mol. The van der Waals surface area contributed by atoms with Crippen LogP contribution in [0.5, 0.6) is 0 Å². The van der Waals surface area contributed by atoms with E-state index in [2.05, 4.69) is 15.0 Å². The van der Waals surface area contributed by atoms with Crippen LogP contribution in [0.1, 0.15) is 31.5 Å². The number of H-pyrrole nitrogens is 1. The lowest BCUT2D eigenvalue weighted by Crippen LogP contribution is -2.14. The third kappa shape index (κ3) is 4.20. The van der Waals surface area contributed by atoms with Gasteiger partial charge in [0, 0.05) is 16.0 Å². The average Bonchev–Trinajstić information content (AvgIpc) is 3.30. The summed E-state index contributed by atoms with van der Waals surface area (Å²) < 4.78 is 0. The molecule has 0 spiro atoms. The molecule has 1 aliphatic rings. The minimum atomic E-state index is -0.131. The number of halogens is 1. The number of amidine groups is 1. The quantitative estimate of drug-likeness (QED) is 0.471. The van der Waals surface area contributed by atoms with E-state index in [-0.39, 0.29) is 5.56 Å². The summed E-state index contributed by atoms with van der Waals surface area (Å²) in [7, 11) is 0. The number of thioether (sulfide) groups is 1. The lowest BCUT2D eigenvalue weighted by atomic mass is 10.1. The summed E-state index contributed by atoms with van der Waals surface area (Å²) in [6, 6.07) is 7.81. The predicted octanol–water partition coefficient (Wildman–Crippen LogP) is 4.80. The molecule has 0 amide bonds. The van der Waals surface area contributed by atoms with Gasteiger partial charge in [0.25, 0.3) is 5.56 Å². The van der Waals surface area contributed by atoms with E-state index in [0.29, 0.717) is 33.2 Å². The first-order valence-corrected chi connectivity index (χ1v) is 11.1. The van der Waals surface area contributed by atoms with Gasteiger partial charge in [0.15, 0.2) is 5.17 Å². The number of nitrogens with one attached hydrogen (secondary N) is 1. The van der Waals surface area contributed by atoms with E-state index < -0.39 is 0 Å². The van der Waals surface area contributed by atoms with Crippen LogP contribution in [0.4, 0.5) is 0 Å². The molecule has 1 fully saturated rings. The van der Waals surface area contributed by atoms with Crippen molar-refractivity contribution in [2.45, 2.75) is 37.5 Å². The maximum absolute atomic E-state index is 12.7. The third-order valence-electron chi connectivity index (χ3n) is 4.64. The Morgan fingerprint density at radius 3 is 2.81 bits per heavy atom. The van der Waals surface area contributed by atoms with E-state index >= 15 is 0 Å². The van der Waals surface area contributed by atoms with E-state index in [1.165, 1.54) is 35.9 Å². The molecule has 5 nitrogen and oxygen atoms in total. The number of hydrogen-bond acceptors (Lipinski definition) is 5. The van der Waals surface area contributed by atoms with E-state index in [0.717, 1.165) is 28.8 Å². The van der Waals surface area contributed by atoms with Gasteiger partial charge in [0.1, 0.15) is 10.7 Å². The molecular formula is C19H19ClN4OS2. The summed E-state index contributed by atoms with van der Waals surface area (Å²) in [4.78, 5) is 25.4. The lowest BCUT2D eigenvalue weighted by molar-refractivity contribution is 0.708. The largest absolute Gasteiger partial charge is 0.379 e. The number of thiophene rings is 1. The second-order valence-electron chi connectivity index (χ2n) is 6.54. The normalized spacial score (nSPS) is 15.7. The van der Waals surface area contributed by atoms with Crippen LogP contribution in [0, 0.1) is 0 Å². The van der Waals surface area contributed by atoms with Crippen LogP contribution < -0.4 is 11.3 Å². The number of nitrogens with zero attached hydrogens (tertiary/aromatic N) is 2. The highest BCUT2D eigenvalue weighted by atomic mass is 35.5. The van der Waals surface area contributed by atoms with Gasteiger partial charge in [0.2, 0.25) is 0 Å². The number of nitrogens with two attached hydrogens (primary N) is 1. The Balaban J connectivity index is 1.56. The molecule has 0 bridgehead atoms. The molecule has 4 rings (SSSR count). The number of fused-ring (bicyclic) bond motifs is 1. The summed E-state index contributed by atoms with van der Waals surface area (Å²) in [5.41, 5.74) is 7.73. The van der Waals surface area contributed by atoms with E-state index in [9.17, 15) is 4.79 Å². The lowest BCUT2D eigenvalue weighted by Gasteiger charge is -2.05. The van der Waals surface area contributed by atoms with Crippen molar-refractivity contribution in [1.29, 1.82) is 0 Å². The molecule has 0 unspecified atom stereocenters. The summed E-state index contributed by atoms with van der Waals surface area (Å²) in [6.07, 6.45) is 4.69. The van der Waals surface area contributed by atoms with Gasteiger partial charge in [-0.2, -0.15) is 0 Å². The zero-order chi connectivity index (χ0) is 18.8. The van der Waals surface area contributed by atoms with Crippen LogP contribution in [0.15, 0.2) is 39.4 Å². The third-order valence-corrected chi connectivity index (χ3v) is 6.58. The van der Waals surface area contributed by atoms with Crippen LogP contribution in [0.2, 0.25) is 5.02 Å². The van der Waals surface area contributed by atoms with Gasteiger partial charge < -0.3 is 10.7 Å². The maximum Gasteiger partial charge on any atom is 0.260 e. The first kappa shape index (κ1) is 18.5. The monoisotopic (exact) mass is 418 g/mol. The Kier molecular flexibility index (Phi) is 5.52. The minimum absolute atomic E-state index is 0.131. The summed E-state index contributed by atoms with van der Waals surface area (Å²) in [5.74, 6) is 1.12. The van der Waals surface area contributed by atoms with Gasteiger partial charge in [-0.3, -0.25) is 9.79 Å². The first-order chi connectivity index (χ1) is 13.1. The number of hydrogen-bond donors (Lipinski definition) is 2. The molecule has 1 aromatic carbocycles. The Morgan fingerprint density at radius 2 is 2.07 bits per heavy atom. The van der Waals surface area contributed by atoms with Crippen LogP contribution in [0.3, 0.4) is 0 Å². The number of benzene rings is 1. The Morgan fingerprint density at radius 1 is 1.33 bits per heavy atom. The Bertz CT molecular complexity index is 1040. The van der Waals surface area contributed by atoms with Crippen molar-refractivity contribution in [3.05, 3.63) is 50.8 Å². The van der Waals surface area contributed by atoms with E-state index in [1.807, 2.05) is 29.6 Å².